The summed E-state index contributed by atoms with van der Waals surface area (Å²) in [5.41, 5.74) is 4.93. The van der Waals surface area contributed by atoms with E-state index < -0.39 is 5.91 Å². The van der Waals surface area contributed by atoms with Crippen molar-refractivity contribution in [2.75, 3.05) is 6.61 Å². The van der Waals surface area contributed by atoms with Gasteiger partial charge in [0.15, 0.2) is 6.61 Å². The number of carbonyl (C=O) groups excluding carboxylic acids is 1. The van der Waals surface area contributed by atoms with Crippen molar-refractivity contribution in [3.05, 3.63) is 111 Å². The Kier molecular flexibility index (Phi) is 7.02. The largest absolute Gasteiger partial charge is 0.466 e. The van der Waals surface area contributed by atoms with Crippen molar-refractivity contribution in [1.82, 2.24) is 15.2 Å². The van der Waals surface area contributed by atoms with Crippen molar-refractivity contribution < 1.29 is 13.9 Å². The second-order valence-electron chi connectivity index (χ2n) is 7.87. The molecule has 1 N–H and O–H groups in total. The normalized spacial score (nSPS) is 11.2. The Morgan fingerprint density at radius 2 is 1.76 bits per heavy atom. The molecule has 0 aliphatic rings. The highest BCUT2D eigenvalue weighted by atomic mass is 35.5. The van der Waals surface area contributed by atoms with Crippen LogP contribution in [-0.2, 0) is 4.79 Å². The first-order valence-electron chi connectivity index (χ1n) is 11.0. The van der Waals surface area contributed by atoms with E-state index in [1.807, 2.05) is 30.3 Å². The topological polar surface area (TPSA) is 98.7 Å². The summed E-state index contributed by atoms with van der Waals surface area (Å²) in [4.78, 5) is 24.8. The summed E-state index contributed by atoms with van der Waals surface area (Å²) in [6.45, 7) is -0.356. The zero-order chi connectivity index (χ0) is 25.8. The molecule has 5 aromatic rings. The highest BCUT2D eigenvalue weighted by Crippen LogP contribution is 2.31. The molecule has 8 nitrogen and oxygen atoms in total. The number of fused-ring (bicyclic) bond motifs is 1. The highest BCUT2D eigenvalue weighted by Gasteiger charge is 2.15. The lowest BCUT2D eigenvalue weighted by Crippen LogP contribution is -2.25. The number of halogens is 2. The lowest BCUT2D eigenvalue weighted by Gasteiger charge is -2.08. The Morgan fingerprint density at radius 1 is 1.03 bits per heavy atom. The molecule has 0 radical (unpaired) electrons. The van der Waals surface area contributed by atoms with Gasteiger partial charge in [0.1, 0.15) is 11.8 Å². The summed E-state index contributed by atoms with van der Waals surface area (Å²) in [5.74, 6) is -0.327. The molecule has 5 rings (SSSR count). The van der Waals surface area contributed by atoms with E-state index in [4.69, 9.17) is 32.4 Å². The minimum Gasteiger partial charge on any atom is -0.466 e. The molecule has 184 valence electrons. The van der Waals surface area contributed by atoms with Crippen LogP contribution < -0.4 is 15.6 Å². The molecule has 1 amide bonds. The maximum absolute atomic E-state index is 12.5. The molecular weight excluding hydrogens is 515 g/mol. The molecule has 2 heterocycles. The second kappa shape index (κ2) is 10.7. The first-order chi connectivity index (χ1) is 18.0. The van der Waals surface area contributed by atoms with E-state index in [1.165, 1.54) is 12.5 Å². The third-order valence-electron chi connectivity index (χ3n) is 5.30. The fraction of sp³-hybridized carbons (Fsp3) is 0.0370. The van der Waals surface area contributed by atoms with E-state index in [1.54, 1.807) is 53.2 Å². The third kappa shape index (κ3) is 5.55. The molecule has 0 bridgehead atoms. The van der Waals surface area contributed by atoms with Gasteiger partial charge in [-0.2, -0.15) is 5.10 Å². The van der Waals surface area contributed by atoms with E-state index in [-0.39, 0.29) is 23.5 Å². The Morgan fingerprint density at radius 3 is 2.54 bits per heavy atom. The monoisotopic (exact) mass is 532 g/mol. The predicted octanol–water partition coefficient (Wildman–Crippen LogP) is 5.48. The molecule has 0 aliphatic carbocycles. The number of benzene rings is 3. The minimum absolute atomic E-state index is 0.200. The number of hydrogen-bond donors (Lipinski definition) is 1. The van der Waals surface area contributed by atoms with Gasteiger partial charge in [0.2, 0.25) is 11.3 Å². The van der Waals surface area contributed by atoms with Gasteiger partial charge in [-0.05, 0) is 42.5 Å². The van der Waals surface area contributed by atoms with E-state index in [0.717, 1.165) is 11.3 Å². The van der Waals surface area contributed by atoms with Gasteiger partial charge >= 0.3 is 0 Å². The summed E-state index contributed by atoms with van der Waals surface area (Å²) in [7, 11) is 0. The lowest BCUT2D eigenvalue weighted by molar-refractivity contribution is -0.123. The second-order valence-corrected chi connectivity index (χ2v) is 8.74. The van der Waals surface area contributed by atoms with Crippen molar-refractivity contribution in [1.29, 1.82) is 0 Å². The number of hydrazone groups is 1. The quantitative estimate of drug-likeness (QED) is 0.221. The van der Waals surface area contributed by atoms with Gasteiger partial charge in [-0.15, -0.1) is 5.10 Å². The van der Waals surface area contributed by atoms with Gasteiger partial charge in [0.05, 0.1) is 28.5 Å². The molecule has 3 aromatic carbocycles. The first-order valence-corrected chi connectivity index (χ1v) is 11.8. The average Bonchev–Trinajstić information content (AvgIpc) is 3.33. The van der Waals surface area contributed by atoms with Crippen LogP contribution in [0.3, 0.4) is 0 Å². The van der Waals surface area contributed by atoms with Crippen molar-refractivity contribution >= 4 is 46.3 Å². The number of ether oxygens (including phenoxy) is 1. The zero-order valence-corrected chi connectivity index (χ0v) is 20.6. The number of amides is 1. The predicted molar refractivity (Wildman–Crippen MR) is 143 cm³/mol. The standard InChI is InChI=1S/C27H18Cl2N4O4/c28-19-10-17(11-20(29)12-19)23-13-26(32-33(23)21-6-2-1-3-7-21)37-16-25(34)31-30-14-18-15-36-24-9-5-4-8-22(24)27(18)35/h1-15H,16H2,(H,31,34)/b30-14+. The van der Waals surface area contributed by atoms with Gasteiger partial charge in [0, 0.05) is 21.7 Å². The van der Waals surface area contributed by atoms with Crippen LogP contribution in [0.2, 0.25) is 10.0 Å². The van der Waals surface area contributed by atoms with E-state index in [9.17, 15) is 9.59 Å². The number of carbonyl (C=O) groups is 1. The van der Waals surface area contributed by atoms with Crippen LogP contribution >= 0.6 is 23.2 Å². The van der Waals surface area contributed by atoms with E-state index in [2.05, 4.69) is 15.6 Å². The number of para-hydroxylation sites is 2. The Bertz CT molecular complexity index is 1660. The van der Waals surface area contributed by atoms with Crippen molar-refractivity contribution in [3.8, 4) is 22.8 Å². The number of rotatable bonds is 7. The molecule has 0 atom stereocenters. The Balaban J connectivity index is 1.30. The molecule has 2 aromatic heterocycles. The minimum atomic E-state index is -0.539. The maximum atomic E-state index is 12.5. The van der Waals surface area contributed by atoms with Crippen LogP contribution in [0.1, 0.15) is 5.56 Å². The average molecular weight is 533 g/mol. The summed E-state index contributed by atoms with van der Waals surface area (Å²) in [5, 5.41) is 9.71. The fourth-order valence-corrected chi connectivity index (χ4v) is 4.16. The Labute approximate surface area is 220 Å². The van der Waals surface area contributed by atoms with Gasteiger partial charge in [-0.1, -0.05) is 53.5 Å². The van der Waals surface area contributed by atoms with E-state index in [0.29, 0.717) is 26.7 Å². The summed E-state index contributed by atoms with van der Waals surface area (Å²) in [6, 6.07) is 23.2. The molecule has 0 saturated carbocycles. The molecule has 0 saturated heterocycles. The van der Waals surface area contributed by atoms with Crippen LogP contribution in [0, 0.1) is 0 Å². The zero-order valence-electron chi connectivity index (χ0n) is 19.1. The Hall–Kier alpha value is -4.40. The molecule has 0 aliphatic heterocycles. The SMILES string of the molecule is O=C(COc1cc(-c2cc(Cl)cc(Cl)c2)n(-c2ccccc2)n1)N/N=C/c1coc2ccccc2c1=O. The number of hydrogen-bond acceptors (Lipinski definition) is 6. The van der Waals surface area contributed by atoms with Crippen LogP contribution in [0.4, 0.5) is 0 Å². The van der Waals surface area contributed by atoms with Crippen LogP contribution in [0.25, 0.3) is 27.9 Å². The molecule has 37 heavy (non-hydrogen) atoms. The van der Waals surface area contributed by atoms with Crippen molar-refractivity contribution in [2.24, 2.45) is 5.10 Å². The number of aromatic nitrogens is 2. The third-order valence-corrected chi connectivity index (χ3v) is 5.73. The first kappa shape index (κ1) is 24.3. The van der Waals surface area contributed by atoms with Gasteiger partial charge in [-0.3, -0.25) is 9.59 Å². The fourth-order valence-electron chi connectivity index (χ4n) is 3.63. The van der Waals surface area contributed by atoms with Gasteiger partial charge in [0.25, 0.3) is 5.91 Å². The van der Waals surface area contributed by atoms with Crippen LogP contribution in [0.15, 0.2) is 99.4 Å². The van der Waals surface area contributed by atoms with Crippen LogP contribution in [-0.4, -0.2) is 28.5 Å². The van der Waals surface area contributed by atoms with Crippen molar-refractivity contribution in [2.45, 2.75) is 0 Å². The van der Waals surface area contributed by atoms with Gasteiger partial charge < -0.3 is 9.15 Å². The molecule has 0 spiro atoms. The summed E-state index contributed by atoms with van der Waals surface area (Å²) >= 11 is 12.4. The van der Waals surface area contributed by atoms with Crippen molar-refractivity contribution in [3.63, 3.8) is 0 Å². The summed E-state index contributed by atoms with van der Waals surface area (Å²) in [6.07, 6.45) is 2.51. The molecule has 10 heteroatoms. The molecule has 0 unspecified atom stereocenters. The molecule has 0 fully saturated rings. The number of nitrogens with one attached hydrogen (secondary N) is 1. The lowest BCUT2D eigenvalue weighted by atomic mass is 10.1. The smallest absolute Gasteiger partial charge is 0.278 e. The maximum Gasteiger partial charge on any atom is 0.278 e. The van der Waals surface area contributed by atoms with Crippen LogP contribution in [0.5, 0.6) is 5.88 Å². The van der Waals surface area contributed by atoms with E-state index >= 15 is 0 Å². The van der Waals surface area contributed by atoms with Gasteiger partial charge in [-0.25, -0.2) is 10.1 Å². The summed E-state index contributed by atoms with van der Waals surface area (Å²) < 4.78 is 12.7. The highest BCUT2D eigenvalue weighted by molar-refractivity contribution is 6.35. The number of nitrogens with zero attached hydrogens (tertiary/aromatic N) is 3. The molecular formula is C27H18Cl2N4O4.